The summed E-state index contributed by atoms with van der Waals surface area (Å²) in [6.07, 6.45) is 2.76. The molecule has 0 bridgehead atoms. The molecule has 0 fully saturated rings. The molecular weight excluding hydrogens is 342 g/mol. The molecule has 5 nitrogen and oxygen atoms in total. The first-order chi connectivity index (χ1) is 11.5. The first-order valence-corrected chi connectivity index (χ1v) is 7.43. The zero-order valence-corrected chi connectivity index (χ0v) is 13.8. The fraction of sp³-hybridized carbons (Fsp3) is 0.250. The number of carbonyl (C=O) groups excluding carboxylic acids is 1. The van der Waals surface area contributed by atoms with Crippen molar-refractivity contribution in [3.8, 4) is 0 Å². The number of ether oxygens (including phenoxy) is 2. The highest BCUT2D eigenvalue weighted by Crippen LogP contribution is 2.24. The van der Waals surface area contributed by atoms with Gasteiger partial charge in [0.1, 0.15) is 5.15 Å². The molecule has 0 aliphatic carbocycles. The summed E-state index contributed by atoms with van der Waals surface area (Å²) in [5.74, 6) is -2.63. The van der Waals surface area contributed by atoms with Crippen LogP contribution in [-0.4, -0.2) is 29.5 Å². The van der Waals surface area contributed by atoms with Crippen molar-refractivity contribution in [2.45, 2.75) is 13.5 Å². The van der Waals surface area contributed by atoms with Crippen molar-refractivity contribution in [2.75, 3.05) is 13.7 Å². The topological polar surface area (TPSA) is 53.3 Å². The summed E-state index contributed by atoms with van der Waals surface area (Å²) in [6, 6.07) is 3.80. The van der Waals surface area contributed by atoms with Crippen LogP contribution in [-0.2, 0) is 16.0 Å². The molecule has 24 heavy (non-hydrogen) atoms. The third kappa shape index (κ3) is 3.73. The monoisotopic (exact) mass is 356 g/mol. The average Bonchev–Trinajstić information content (AvgIpc) is 2.86. The molecule has 0 radical (unpaired) electrons. The van der Waals surface area contributed by atoms with Gasteiger partial charge >= 0.3 is 5.97 Å². The van der Waals surface area contributed by atoms with Crippen molar-refractivity contribution in [3.63, 3.8) is 0 Å². The van der Waals surface area contributed by atoms with Gasteiger partial charge in [0.2, 0.25) is 0 Å². The second kappa shape index (κ2) is 7.92. The number of carbonyl (C=O) groups is 1. The van der Waals surface area contributed by atoms with Crippen LogP contribution >= 0.6 is 11.6 Å². The molecule has 0 saturated carbocycles. The quantitative estimate of drug-likeness (QED) is 0.585. The normalized spacial score (nSPS) is 11.0. The molecule has 8 heteroatoms. The zero-order valence-electron chi connectivity index (χ0n) is 13.1. The Morgan fingerprint density at radius 1 is 1.42 bits per heavy atom. The number of esters is 1. The molecule has 2 rings (SSSR count). The van der Waals surface area contributed by atoms with Crippen LogP contribution in [0.2, 0.25) is 5.15 Å². The first kappa shape index (κ1) is 17.9. The van der Waals surface area contributed by atoms with Crippen LogP contribution in [0.4, 0.5) is 8.78 Å². The summed E-state index contributed by atoms with van der Waals surface area (Å²) in [5.41, 5.74) is 0.290. The van der Waals surface area contributed by atoms with E-state index in [-0.39, 0.29) is 35.1 Å². The Labute approximate surface area is 142 Å². The molecule has 0 aliphatic heterocycles. The molecule has 0 atom stereocenters. The van der Waals surface area contributed by atoms with Crippen molar-refractivity contribution < 1.29 is 23.0 Å². The van der Waals surface area contributed by atoms with Crippen LogP contribution in [0, 0.1) is 11.6 Å². The largest absolute Gasteiger partial charge is 0.504 e. The van der Waals surface area contributed by atoms with E-state index in [1.54, 1.807) is 6.92 Å². The Kier molecular flexibility index (Phi) is 5.92. The van der Waals surface area contributed by atoms with Crippen molar-refractivity contribution in [1.82, 2.24) is 9.78 Å². The minimum absolute atomic E-state index is 0.0352. The summed E-state index contributed by atoms with van der Waals surface area (Å²) >= 11 is 6.22. The van der Waals surface area contributed by atoms with Crippen LogP contribution in [0.15, 0.2) is 24.5 Å². The maximum Gasteiger partial charge on any atom is 0.359 e. The van der Waals surface area contributed by atoms with E-state index in [1.807, 2.05) is 0 Å². The van der Waals surface area contributed by atoms with Crippen LogP contribution < -0.4 is 0 Å². The summed E-state index contributed by atoms with van der Waals surface area (Å²) in [4.78, 5) is 12.0. The Morgan fingerprint density at radius 2 is 2.17 bits per heavy atom. The molecule has 1 aromatic heterocycles. The minimum atomic E-state index is -0.990. The van der Waals surface area contributed by atoms with E-state index in [0.29, 0.717) is 0 Å². The van der Waals surface area contributed by atoms with Gasteiger partial charge in [0.15, 0.2) is 17.3 Å². The van der Waals surface area contributed by atoms with Gasteiger partial charge in [0.25, 0.3) is 0 Å². The number of nitrogens with zero attached hydrogens (tertiary/aromatic N) is 2. The Hall–Kier alpha value is -2.41. The van der Waals surface area contributed by atoms with E-state index in [9.17, 15) is 13.6 Å². The lowest BCUT2D eigenvalue weighted by Gasteiger charge is -2.05. The summed E-state index contributed by atoms with van der Waals surface area (Å²) < 4.78 is 38.1. The van der Waals surface area contributed by atoms with Gasteiger partial charge in [-0.05, 0) is 19.1 Å². The fourth-order valence-corrected chi connectivity index (χ4v) is 2.28. The summed E-state index contributed by atoms with van der Waals surface area (Å²) in [7, 11) is 1.43. The van der Waals surface area contributed by atoms with Gasteiger partial charge in [-0.1, -0.05) is 23.7 Å². The molecule has 0 saturated heterocycles. The number of hydrogen-bond acceptors (Lipinski definition) is 4. The lowest BCUT2D eigenvalue weighted by atomic mass is 10.2. The summed E-state index contributed by atoms with van der Waals surface area (Å²) in [6.45, 7) is 1.67. The SMILES string of the molecule is CCOC(=O)c1nn(Cc2cccc(F)c2F)c(Cl)c1/C=C/OC. The number of benzene rings is 1. The molecule has 1 heterocycles. The first-order valence-electron chi connectivity index (χ1n) is 7.05. The Morgan fingerprint density at radius 3 is 2.83 bits per heavy atom. The lowest BCUT2D eigenvalue weighted by Crippen LogP contribution is -2.09. The summed E-state index contributed by atoms with van der Waals surface area (Å²) in [5, 5.41) is 4.14. The number of hydrogen-bond donors (Lipinski definition) is 0. The highest BCUT2D eigenvalue weighted by molar-refractivity contribution is 6.31. The van der Waals surface area contributed by atoms with Gasteiger partial charge in [-0.15, -0.1) is 0 Å². The number of methoxy groups -OCH3 is 1. The van der Waals surface area contributed by atoms with E-state index >= 15 is 0 Å². The smallest absolute Gasteiger partial charge is 0.359 e. The Bertz CT molecular complexity index is 775. The van der Waals surface area contributed by atoms with Crippen LogP contribution in [0.1, 0.15) is 28.5 Å². The average molecular weight is 357 g/mol. The third-order valence-electron chi connectivity index (χ3n) is 3.12. The van der Waals surface area contributed by atoms with Gasteiger partial charge < -0.3 is 9.47 Å². The van der Waals surface area contributed by atoms with Gasteiger partial charge in [0, 0.05) is 11.1 Å². The molecule has 0 unspecified atom stereocenters. The van der Waals surface area contributed by atoms with Crippen molar-refractivity contribution >= 4 is 23.6 Å². The van der Waals surface area contributed by atoms with E-state index in [0.717, 1.165) is 6.07 Å². The second-order valence-corrected chi connectivity index (χ2v) is 5.04. The van der Waals surface area contributed by atoms with Crippen molar-refractivity contribution in [2.24, 2.45) is 0 Å². The predicted molar refractivity (Wildman–Crippen MR) is 84.7 cm³/mol. The highest BCUT2D eigenvalue weighted by Gasteiger charge is 2.22. The molecule has 0 amide bonds. The molecule has 1 aromatic carbocycles. The molecule has 2 aromatic rings. The number of rotatable bonds is 6. The molecule has 0 spiro atoms. The molecule has 0 N–H and O–H groups in total. The van der Waals surface area contributed by atoms with E-state index < -0.39 is 17.6 Å². The maximum atomic E-state index is 13.8. The number of aromatic nitrogens is 2. The maximum absolute atomic E-state index is 13.8. The standard InChI is InChI=1S/C16H15ClF2N2O3/c1-3-24-16(22)14-11(7-8-23-2)15(17)21(20-14)9-10-5-4-6-12(18)13(10)19/h4-8H,3,9H2,1-2H3/b8-7+. The van der Waals surface area contributed by atoms with Crippen LogP contribution in [0.3, 0.4) is 0 Å². The molecule has 0 aliphatic rings. The van der Waals surface area contributed by atoms with E-state index in [4.69, 9.17) is 21.1 Å². The van der Waals surface area contributed by atoms with Crippen LogP contribution in [0.25, 0.3) is 6.08 Å². The van der Waals surface area contributed by atoms with Crippen LogP contribution in [0.5, 0.6) is 0 Å². The van der Waals surface area contributed by atoms with E-state index in [1.165, 1.54) is 36.3 Å². The predicted octanol–water partition coefficient (Wildman–Crippen LogP) is 3.66. The molecule has 128 valence electrons. The lowest BCUT2D eigenvalue weighted by molar-refractivity contribution is 0.0518. The zero-order chi connectivity index (χ0) is 17.7. The van der Waals surface area contributed by atoms with Gasteiger partial charge in [-0.25, -0.2) is 18.3 Å². The van der Waals surface area contributed by atoms with Crippen molar-refractivity contribution in [1.29, 1.82) is 0 Å². The minimum Gasteiger partial charge on any atom is -0.504 e. The molecular formula is C16H15ClF2N2O3. The second-order valence-electron chi connectivity index (χ2n) is 4.68. The van der Waals surface area contributed by atoms with Crippen molar-refractivity contribution in [3.05, 3.63) is 58.1 Å². The fourth-order valence-electron chi connectivity index (χ4n) is 2.03. The van der Waals surface area contributed by atoms with Gasteiger partial charge in [-0.2, -0.15) is 5.10 Å². The third-order valence-corrected chi connectivity index (χ3v) is 3.51. The highest BCUT2D eigenvalue weighted by atomic mass is 35.5. The van der Waals surface area contributed by atoms with E-state index in [2.05, 4.69) is 5.10 Å². The Balaban J connectivity index is 2.45. The van der Waals surface area contributed by atoms with Gasteiger partial charge in [-0.3, -0.25) is 0 Å². The van der Waals surface area contributed by atoms with Gasteiger partial charge in [0.05, 0.1) is 26.5 Å². The number of halogens is 3.